The van der Waals surface area contributed by atoms with E-state index >= 15 is 0 Å². The van der Waals surface area contributed by atoms with E-state index in [-0.39, 0.29) is 18.2 Å². The Labute approximate surface area is 176 Å². The predicted molar refractivity (Wildman–Crippen MR) is 113 cm³/mol. The van der Waals surface area contributed by atoms with Gasteiger partial charge in [-0.15, -0.1) is 0 Å². The number of amides is 2. The monoisotopic (exact) mass is 452 g/mol. The minimum absolute atomic E-state index is 0.0860. The number of anilines is 2. The normalized spacial score (nSPS) is 14.9. The van der Waals surface area contributed by atoms with E-state index in [0.29, 0.717) is 28.6 Å². The molecule has 0 fully saturated rings. The zero-order chi connectivity index (χ0) is 20.2. The van der Waals surface area contributed by atoms with Crippen LogP contribution in [0.15, 0.2) is 77.3 Å². The van der Waals surface area contributed by atoms with Crippen molar-refractivity contribution in [2.45, 2.75) is 12.5 Å². The van der Waals surface area contributed by atoms with E-state index in [1.165, 1.54) is 0 Å². The van der Waals surface area contributed by atoms with Crippen molar-refractivity contribution in [3.63, 3.8) is 0 Å². The van der Waals surface area contributed by atoms with Crippen LogP contribution < -0.4 is 20.1 Å². The van der Waals surface area contributed by atoms with Gasteiger partial charge in [0.2, 0.25) is 5.91 Å². The van der Waals surface area contributed by atoms with Crippen LogP contribution in [0.4, 0.5) is 11.4 Å². The van der Waals surface area contributed by atoms with Gasteiger partial charge in [0.1, 0.15) is 17.2 Å². The Morgan fingerprint density at radius 1 is 1.00 bits per heavy atom. The lowest BCUT2D eigenvalue weighted by atomic mass is 10.1. The van der Waals surface area contributed by atoms with E-state index in [1.54, 1.807) is 42.5 Å². The highest BCUT2D eigenvalue weighted by Crippen LogP contribution is 2.30. The summed E-state index contributed by atoms with van der Waals surface area (Å²) in [6, 6.07) is 21.6. The van der Waals surface area contributed by atoms with Gasteiger partial charge in [0, 0.05) is 10.2 Å². The Balaban J connectivity index is 1.34. The van der Waals surface area contributed by atoms with Crippen molar-refractivity contribution in [3.05, 3.63) is 77.3 Å². The fraction of sp³-hybridized carbons (Fsp3) is 0.0909. The van der Waals surface area contributed by atoms with E-state index in [2.05, 4.69) is 26.6 Å². The van der Waals surface area contributed by atoms with Crippen LogP contribution in [0.2, 0.25) is 0 Å². The van der Waals surface area contributed by atoms with Crippen LogP contribution in [0.3, 0.4) is 0 Å². The molecule has 1 heterocycles. The number of rotatable bonds is 5. The molecule has 0 radical (unpaired) electrons. The minimum atomic E-state index is -0.870. The molecule has 0 saturated heterocycles. The van der Waals surface area contributed by atoms with Crippen LogP contribution in [-0.2, 0) is 9.59 Å². The number of hydrogen-bond acceptors (Lipinski definition) is 4. The summed E-state index contributed by atoms with van der Waals surface area (Å²) >= 11 is 3.38. The first-order valence-electron chi connectivity index (χ1n) is 8.97. The third kappa shape index (κ3) is 4.75. The third-order valence-electron chi connectivity index (χ3n) is 4.26. The summed E-state index contributed by atoms with van der Waals surface area (Å²) in [5, 5.41) is 5.52. The van der Waals surface area contributed by atoms with Gasteiger partial charge in [-0.05, 0) is 60.7 Å². The number of fused-ring (bicyclic) bond motifs is 1. The molecule has 0 bridgehead atoms. The van der Waals surface area contributed by atoms with Crippen molar-refractivity contribution in [2.24, 2.45) is 0 Å². The molecule has 2 amide bonds. The molecule has 3 aromatic carbocycles. The summed E-state index contributed by atoms with van der Waals surface area (Å²) in [4.78, 5) is 24.5. The fourth-order valence-electron chi connectivity index (χ4n) is 2.85. The molecule has 7 heteroatoms. The lowest BCUT2D eigenvalue weighted by Gasteiger charge is -2.25. The van der Waals surface area contributed by atoms with Crippen LogP contribution in [0, 0.1) is 0 Å². The minimum Gasteiger partial charge on any atom is -0.478 e. The number of ether oxygens (including phenoxy) is 2. The Morgan fingerprint density at radius 3 is 2.38 bits per heavy atom. The standard InChI is InChI=1S/C22H17BrN2O4/c23-14-5-9-16(10-6-14)28-17-11-7-15(8-12-17)24-21(26)13-20-22(27)25-18-3-1-2-4-19(18)29-20/h1-12,20H,13H2,(H,24,26)(H,25,27)/t20-/m1/s1. The highest BCUT2D eigenvalue weighted by atomic mass is 79.9. The summed E-state index contributed by atoms with van der Waals surface area (Å²) in [6.07, 6.45) is -0.956. The van der Waals surface area contributed by atoms with Gasteiger partial charge in [-0.2, -0.15) is 0 Å². The Morgan fingerprint density at radius 2 is 1.66 bits per heavy atom. The smallest absolute Gasteiger partial charge is 0.266 e. The molecule has 0 aliphatic carbocycles. The van der Waals surface area contributed by atoms with E-state index < -0.39 is 6.10 Å². The second-order valence-corrected chi connectivity index (χ2v) is 7.34. The lowest BCUT2D eigenvalue weighted by molar-refractivity contribution is -0.128. The van der Waals surface area contributed by atoms with Crippen LogP contribution >= 0.6 is 15.9 Å². The van der Waals surface area contributed by atoms with Crippen molar-refractivity contribution in [3.8, 4) is 17.2 Å². The molecule has 0 saturated carbocycles. The quantitative estimate of drug-likeness (QED) is 0.572. The molecule has 0 unspecified atom stereocenters. The van der Waals surface area contributed by atoms with E-state index in [4.69, 9.17) is 9.47 Å². The van der Waals surface area contributed by atoms with Gasteiger partial charge < -0.3 is 20.1 Å². The number of carbonyl (C=O) groups is 2. The van der Waals surface area contributed by atoms with Crippen LogP contribution in [0.5, 0.6) is 17.2 Å². The zero-order valence-electron chi connectivity index (χ0n) is 15.2. The van der Waals surface area contributed by atoms with Crippen molar-refractivity contribution < 1.29 is 19.1 Å². The maximum absolute atomic E-state index is 12.3. The number of carbonyl (C=O) groups excluding carboxylic acids is 2. The Bertz CT molecular complexity index is 1040. The van der Waals surface area contributed by atoms with Crippen LogP contribution in [-0.4, -0.2) is 17.9 Å². The molecule has 29 heavy (non-hydrogen) atoms. The van der Waals surface area contributed by atoms with Gasteiger partial charge in [0.15, 0.2) is 6.10 Å². The van der Waals surface area contributed by atoms with Gasteiger partial charge >= 0.3 is 0 Å². The molecular formula is C22H17BrN2O4. The SMILES string of the molecule is O=C(C[C@H]1Oc2ccccc2NC1=O)Nc1ccc(Oc2ccc(Br)cc2)cc1. The molecule has 6 nitrogen and oxygen atoms in total. The summed E-state index contributed by atoms with van der Waals surface area (Å²) in [7, 11) is 0. The maximum Gasteiger partial charge on any atom is 0.266 e. The topological polar surface area (TPSA) is 76.7 Å². The van der Waals surface area contributed by atoms with Crippen molar-refractivity contribution in [2.75, 3.05) is 10.6 Å². The van der Waals surface area contributed by atoms with Crippen molar-refractivity contribution in [1.29, 1.82) is 0 Å². The summed E-state index contributed by atoms with van der Waals surface area (Å²) < 4.78 is 12.4. The molecule has 3 aromatic rings. The molecule has 1 aliphatic rings. The lowest BCUT2D eigenvalue weighted by Crippen LogP contribution is -2.39. The summed E-state index contributed by atoms with van der Waals surface area (Å²) in [6.45, 7) is 0. The van der Waals surface area contributed by atoms with Gasteiger partial charge in [0.05, 0.1) is 12.1 Å². The van der Waals surface area contributed by atoms with E-state index in [0.717, 1.165) is 4.47 Å². The zero-order valence-corrected chi connectivity index (χ0v) is 16.8. The predicted octanol–water partition coefficient (Wildman–Crippen LogP) is 4.97. The first-order chi connectivity index (χ1) is 14.1. The third-order valence-corrected chi connectivity index (χ3v) is 4.79. The highest BCUT2D eigenvalue weighted by molar-refractivity contribution is 9.10. The summed E-state index contributed by atoms with van der Waals surface area (Å²) in [5.74, 6) is 1.27. The molecule has 2 N–H and O–H groups in total. The second-order valence-electron chi connectivity index (χ2n) is 6.42. The number of benzene rings is 3. The van der Waals surface area contributed by atoms with Gasteiger partial charge in [-0.3, -0.25) is 9.59 Å². The highest BCUT2D eigenvalue weighted by Gasteiger charge is 2.29. The van der Waals surface area contributed by atoms with Gasteiger partial charge in [-0.25, -0.2) is 0 Å². The average Bonchev–Trinajstić information content (AvgIpc) is 2.72. The fourth-order valence-corrected chi connectivity index (χ4v) is 3.12. The molecule has 0 spiro atoms. The van der Waals surface area contributed by atoms with Crippen LogP contribution in [0.1, 0.15) is 6.42 Å². The average molecular weight is 453 g/mol. The molecule has 1 atom stereocenters. The molecule has 146 valence electrons. The first kappa shape index (κ1) is 19.0. The van der Waals surface area contributed by atoms with Crippen molar-refractivity contribution >= 4 is 39.1 Å². The molecular weight excluding hydrogens is 436 g/mol. The van der Waals surface area contributed by atoms with E-state index in [9.17, 15) is 9.59 Å². The van der Waals surface area contributed by atoms with Gasteiger partial charge in [-0.1, -0.05) is 28.1 Å². The molecule has 4 rings (SSSR count). The molecule has 0 aromatic heterocycles. The summed E-state index contributed by atoms with van der Waals surface area (Å²) in [5.41, 5.74) is 1.21. The second kappa shape index (κ2) is 8.36. The molecule has 1 aliphatic heterocycles. The Hall–Kier alpha value is -3.32. The largest absolute Gasteiger partial charge is 0.478 e. The number of para-hydroxylation sites is 2. The number of hydrogen-bond donors (Lipinski definition) is 2. The first-order valence-corrected chi connectivity index (χ1v) is 9.76. The number of halogens is 1. The number of nitrogens with one attached hydrogen (secondary N) is 2. The maximum atomic E-state index is 12.3. The van der Waals surface area contributed by atoms with E-state index in [1.807, 2.05) is 30.3 Å². The van der Waals surface area contributed by atoms with Gasteiger partial charge in [0.25, 0.3) is 5.91 Å². The van der Waals surface area contributed by atoms with Crippen molar-refractivity contribution in [1.82, 2.24) is 0 Å². The Kier molecular flexibility index (Phi) is 5.48. The van der Waals surface area contributed by atoms with Crippen LogP contribution in [0.25, 0.3) is 0 Å².